The van der Waals surface area contributed by atoms with E-state index in [1.54, 1.807) is 18.2 Å². The quantitative estimate of drug-likeness (QED) is 0.573. The topological polar surface area (TPSA) is 21.3 Å². The first-order valence-corrected chi connectivity index (χ1v) is 5.07. The average Bonchev–Trinajstić information content (AvgIpc) is 2.25. The second-order valence-electron chi connectivity index (χ2n) is 3.02. The lowest BCUT2D eigenvalue weighted by molar-refractivity contribution is 0.341. The summed E-state index contributed by atoms with van der Waals surface area (Å²) in [6.45, 7) is 4.20. The lowest BCUT2D eigenvalue weighted by Crippen LogP contribution is -2.11. The molecule has 0 atom stereocenters. The Labute approximate surface area is 89.8 Å². The number of hydrogen-bond donors (Lipinski definition) is 1. The van der Waals surface area contributed by atoms with E-state index in [0.717, 1.165) is 13.1 Å². The molecule has 1 aromatic carbocycles. The largest absolute Gasteiger partial charge is 0.486 e. The molecule has 0 aliphatic heterocycles. The molecule has 0 radical (unpaired) electrons. The molecule has 0 amide bonds. The molecule has 0 heterocycles. The fourth-order valence-electron chi connectivity index (χ4n) is 1.08. The van der Waals surface area contributed by atoms with Crippen LogP contribution in [0.1, 0.15) is 6.92 Å². The zero-order valence-corrected chi connectivity index (χ0v) is 8.87. The molecule has 82 valence electrons. The van der Waals surface area contributed by atoms with E-state index in [1.807, 2.05) is 19.1 Å². The van der Waals surface area contributed by atoms with Gasteiger partial charge in [-0.2, -0.15) is 0 Å². The van der Waals surface area contributed by atoms with Crippen LogP contribution in [0.2, 0.25) is 0 Å². The minimum absolute atomic E-state index is 0.297. The molecule has 0 fully saturated rings. The van der Waals surface area contributed by atoms with Crippen molar-refractivity contribution in [1.29, 1.82) is 0 Å². The fourth-order valence-corrected chi connectivity index (χ4v) is 1.08. The summed E-state index contributed by atoms with van der Waals surface area (Å²) >= 11 is 0. The summed E-state index contributed by atoms with van der Waals surface area (Å²) in [5, 5.41) is 3.14. The summed E-state index contributed by atoms with van der Waals surface area (Å²) in [6, 6.07) is 6.40. The molecular weight excluding hydrogens is 193 g/mol. The predicted octanol–water partition coefficient (Wildman–Crippen LogP) is 2.37. The summed E-state index contributed by atoms with van der Waals surface area (Å²) in [6.07, 6.45) is 3.83. The minimum Gasteiger partial charge on any atom is -0.486 e. The highest BCUT2D eigenvalue weighted by atomic mass is 19.1. The van der Waals surface area contributed by atoms with Crippen molar-refractivity contribution in [3.63, 3.8) is 0 Å². The van der Waals surface area contributed by atoms with Crippen LogP contribution in [0, 0.1) is 5.82 Å². The van der Waals surface area contributed by atoms with E-state index < -0.39 is 0 Å². The Morgan fingerprint density at radius 2 is 2.13 bits per heavy atom. The molecule has 0 aromatic heterocycles. The first-order valence-electron chi connectivity index (χ1n) is 5.07. The lowest BCUT2D eigenvalue weighted by Gasteiger charge is -2.03. The number of benzene rings is 1. The van der Waals surface area contributed by atoms with Crippen molar-refractivity contribution in [2.45, 2.75) is 6.92 Å². The molecule has 0 aliphatic carbocycles. The van der Waals surface area contributed by atoms with Gasteiger partial charge in [-0.25, -0.2) is 4.39 Å². The molecule has 0 bridgehead atoms. The molecular formula is C12H16FNO. The van der Waals surface area contributed by atoms with Crippen molar-refractivity contribution in [1.82, 2.24) is 5.32 Å². The van der Waals surface area contributed by atoms with Crippen molar-refractivity contribution in [3.8, 4) is 5.75 Å². The molecule has 1 aromatic rings. The second kappa shape index (κ2) is 7.01. The maximum absolute atomic E-state index is 13.1. The second-order valence-corrected chi connectivity index (χ2v) is 3.02. The van der Waals surface area contributed by atoms with Crippen molar-refractivity contribution in [2.75, 3.05) is 19.7 Å². The maximum atomic E-state index is 13.1. The van der Waals surface area contributed by atoms with Crippen molar-refractivity contribution >= 4 is 0 Å². The van der Waals surface area contributed by atoms with Gasteiger partial charge < -0.3 is 10.1 Å². The zero-order chi connectivity index (χ0) is 10.9. The summed E-state index contributed by atoms with van der Waals surface area (Å²) in [7, 11) is 0. The third kappa shape index (κ3) is 4.61. The maximum Gasteiger partial charge on any atom is 0.165 e. The van der Waals surface area contributed by atoms with Gasteiger partial charge in [0, 0.05) is 6.54 Å². The van der Waals surface area contributed by atoms with Gasteiger partial charge in [0.05, 0.1) is 0 Å². The number of rotatable bonds is 6. The van der Waals surface area contributed by atoms with E-state index in [0.29, 0.717) is 12.4 Å². The van der Waals surface area contributed by atoms with Gasteiger partial charge in [0.15, 0.2) is 11.6 Å². The number of nitrogens with one attached hydrogen (secondary N) is 1. The van der Waals surface area contributed by atoms with Crippen LogP contribution >= 0.6 is 0 Å². The highest BCUT2D eigenvalue weighted by Crippen LogP contribution is 2.14. The van der Waals surface area contributed by atoms with Crippen molar-refractivity contribution in [3.05, 3.63) is 42.2 Å². The zero-order valence-electron chi connectivity index (χ0n) is 8.87. The van der Waals surface area contributed by atoms with Gasteiger partial charge >= 0.3 is 0 Å². The van der Waals surface area contributed by atoms with Crippen LogP contribution in [0.15, 0.2) is 36.4 Å². The molecule has 3 heteroatoms. The first kappa shape index (κ1) is 11.7. The normalized spacial score (nSPS) is 10.8. The molecule has 2 nitrogen and oxygen atoms in total. The fraction of sp³-hybridized carbons (Fsp3) is 0.333. The monoisotopic (exact) mass is 209 g/mol. The van der Waals surface area contributed by atoms with Gasteiger partial charge in [-0.3, -0.25) is 0 Å². The molecule has 0 unspecified atom stereocenters. The Bertz CT molecular complexity index is 312. The van der Waals surface area contributed by atoms with Crippen molar-refractivity contribution < 1.29 is 9.13 Å². The minimum atomic E-state index is -0.322. The number of para-hydroxylation sites is 1. The third-order valence-corrected chi connectivity index (χ3v) is 1.85. The van der Waals surface area contributed by atoms with Crippen LogP contribution in [0.4, 0.5) is 4.39 Å². The van der Waals surface area contributed by atoms with Gasteiger partial charge in [-0.05, 0) is 18.7 Å². The van der Waals surface area contributed by atoms with E-state index in [2.05, 4.69) is 5.32 Å². The third-order valence-electron chi connectivity index (χ3n) is 1.85. The van der Waals surface area contributed by atoms with Crippen LogP contribution in [0.3, 0.4) is 0 Å². The molecule has 0 aliphatic rings. The molecule has 1 N–H and O–H groups in total. The molecule has 1 rings (SSSR count). The Morgan fingerprint density at radius 3 is 2.87 bits per heavy atom. The van der Waals surface area contributed by atoms with E-state index in [9.17, 15) is 4.39 Å². The van der Waals surface area contributed by atoms with Gasteiger partial charge in [0.2, 0.25) is 0 Å². The number of ether oxygens (including phenoxy) is 1. The molecule has 15 heavy (non-hydrogen) atoms. The predicted molar refractivity (Wildman–Crippen MR) is 59.6 cm³/mol. The Kier molecular flexibility index (Phi) is 5.48. The van der Waals surface area contributed by atoms with Gasteiger partial charge in [-0.15, -0.1) is 0 Å². The SMILES string of the molecule is CCNCC=CCOc1ccccc1F. The van der Waals surface area contributed by atoms with Crippen LogP contribution < -0.4 is 10.1 Å². The van der Waals surface area contributed by atoms with Crippen LogP contribution in [0.5, 0.6) is 5.75 Å². The Morgan fingerprint density at radius 1 is 1.33 bits per heavy atom. The number of halogens is 1. The lowest BCUT2D eigenvalue weighted by atomic mass is 10.3. The van der Waals surface area contributed by atoms with Gasteiger partial charge in [0.25, 0.3) is 0 Å². The number of hydrogen-bond acceptors (Lipinski definition) is 2. The van der Waals surface area contributed by atoms with E-state index >= 15 is 0 Å². The molecule has 0 saturated heterocycles. The summed E-state index contributed by atoms with van der Waals surface area (Å²) in [5.74, 6) is -0.0248. The van der Waals surface area contributed by atoms with Gasteiger partial charge in [-0.1, -0.05) is 31.2 Å². The van der Waals surface area contributed by atoms with E-state index in [4.69, 9.17) is 4.74 Å². The first-order chi connectivity index (χ1) is 7.34. The van der Waals surface area contributed by atoms with E-state index in [-0.39, 0.29) is 5.82 Å². The summed E-state index contributed by atoms with van der Waals surface area (Å²) in [5.41, 5.74) is 0. The molecule has 0 saturated carbocycles. The Hall–Kier alpha value is -1.35. The smallest absolute Gasteiger partial charge is 0.165 e. The van der Waals surface area contributed by atoms with Crippen LogP contribution in [-0.4, -0.2) is 19.7 Å². The Balaban J connectivity index is 2.26. The number of likely N-dealkylation sites (N-methyl/N-ethyl adjacent to an activating group) is 1. The highest BCUT2D eigenvalue weighted by molar-refractivity contribution is 5.23. The summed E-state index contributed by atoms with van der Waals surface area (Å²) < 4.78 is 18.3. The standard InChI is InChI=1S/C12H16FNO/c1-2-14-9-5-6-10-15-12-8-4-3-7-11(12)13/h3-8,14H,2,9-10H2,1H3. The highest BCUT2D eigenvalue weighted by Gasteiger charge is 1.98. The molecule has 0 spiro atoms. The van der Waals surface area contributed by atoms with Crippen LogP contribution in [-0.2, 0) is 0 Å². The van der Waals surface area contributed by atoms with Crippen LogP contribution in [0.25, 0.3) is 0 Å². The van der Waals surface area contributed by atoms with E-state index in [1.165, 1.54) is 6.07 Å². The van der Waals surface area contributed by atoms with Crippen molar-refractivity contribution in [2.24, 2.45) is 0 Å². The summed E-state index contributed by atoms with van der Waals surface area (Å²) in [4.78, 5) is 0. The van der Waals surface area contributed by atoms with Gasteiger partial charge in [0.1, 0.15) is 6.61 Å². The average molecular weight is 209 g/mol.